The summed E-state index contributed by atoms with van der Waals surface area (Å²) in [7, 11) is 0. The molecule has 3 nitrogen and oxygen atoms in total. The first-order chi connectivity index (χ1) is 6.19. The molecule has 1 aromatic rings. The molecular weight excluding hydrogens is 164 g/mol. The number of anilines is 1. The Bertz CT molecular complexity index is 353. The minimum absolute atomic E-state index is 0.475. The molecule has 0 aliphatic carbocycles. The molecule has 0 atom stereocenters. The van der Waals surface area contributed by atoms with Crippen molar-refractivity contribution in [2.45, 2.75) is 13.8 Å². The van der Waals surface area contributed by atoms with Crippen LogP contribution >= 0.6 is 0 Å². The summed E-state index contributed by atoms with van der Waals surface area (Å²) in [5, 5.41) is 8.75. The summed E-state index contributed by atoms with van der Waals surface area (Å²) in [6, 6.07) is 5.52. The van der Waals surface area contributed by atoms with Gasteiger partial charge in [0, 0.05) is 0 Å². The van der Waals surface area contributed by atoms with Gasteiger partial charge in [-0.3, -0.25) is 0 Å². The summed E-state index contributed by atoms with van der Waals surface area (Å²) < 4.78 is 5.28. The second-order valence-electron chi connectivity index (χ2n) is 2.75. The highest BCUT2D eigenvalue weighted by Gasteiger charge is 2.04. The number of nitrogen functional groups attached to an aromatic ring is 1. The number of benzene rings is 1. The van der Waals surface area contributed by atoms with Crippen LogP contribution in [-0.4, -0.2) is 6.61 Å². The van der Waals surface area contributed by atoms with Gasteiger partial charge in [-0.25, -0.2) is 0 Å². The van der Waals surface area contributed by atoms with Crippen LogP contribution in [0.2, 0.25) is 0 Å². The molecule has 0 spiro atoms. The lowest BCUT2D eigenvalue weighted by molar-refractivity contribution is 0.340. The zero-order valence-corrected chi connectivity index (χ0v) is 7.79. The molecule has 0 fully saturated rings. The van der Waals surface area contributed by atoms with Crippen molar-refractivity contribution in [1.82, 2.24) is 0 Å². The van der Waals surface area contributed by atoms with Crippen LogP contribution in [-0.2, 0) is 0 Å². The van der Waals surface area contributed by atoms with E-state index in [0.29, 0.717) is 23.6 Å². The first-order valence-electron chi connectivity index (χ1n) is 4.12. The van der Waals surface area contributed by atoms with Crippen molar-refractivity contribution in [3.8, 4) is 11.8 Å². The Kier molecular flexibility index (Phi) is 2.76. The van der Waals surface area contributed by atoms with E-state index in [1.165, 1.54) is 0 Å². The topological polar surface area (TPSA) is 59.0 Å². The van der Waals surface area contributed by atoms with Crippen LogP contribution in [0.5, 0.6) is 5.75 Å². The van der Waals surface area contributed by atoms with E-state index in [9.17, 15) is 0 Å². The molecule has 0 heterocycles. The summed E-state index contributed by atoms with van der Waals surface area (Å²) in [6.07, 6.45) is 0. The summed E-state index contributed by atoms with van der Waals surface area (Å²) in [6.45, 7) is 4.35. The van der Waals surface area contributed by atoms with Crippen LogP contribution in [0, 0.1) is 18.3 Å². The van der Waals surface area contributed by atoms with Gasteiger partial charge in [0.1, 0.15) is 11.8 Å². The largest absolute Gasteiger partial charge is 0.494 e. The summed E-state index contributed by atoms with van der Waals surface area (Å²) >= 11 is 0. The van der Waals surface area contributed by atoms with Crippen molar-refractivity contribution in [1.29, 1.82) is 5.26 Å². The molecule has 0 saturated heterocycles. The van der Waals surface area contributed by atoms with E-state index in [1.807, 2.05) is 26.0 Å². The van der Waals surface area contributed by atoms with E-state index in [0.717, 1.165) is 5.56 Å². The third kappa shape index (κ3) is 1.91. The van der Waals surface area contributed by atoms with E-state index in [1.54, 1.807) is 6.07 Å². The molecule has 0 radical (unpaired) electrons. The fourth-order valence-corrected chi connectivity index (χ4v) is 1.11. The smallest absolute Gasteiger partial charge is 0.121 e. The Morgan fingerprint density at radius 2 is 2.23 bits per heavy atom. The van der Waals surface area contributed by atoms with Crippen molar-refractivity contribution in [3.05, 3.63) is 23.3 Å². The fraction of sp³-hybridized carbons (Fsp3) is 0.300. The van der Waals surface area contributed by atoms with E-state index in [4.69, 9.17) is 15.7 Å². The molecule has 68 valence electrons. The third-order valence-electron chi connectivity index (χ3n) is 1.79. The predicted octanol–water partition coefficient (Wildman–Crippen LogP) is 1.85. The average Bonchev–Trinajstić information content (AvgIpc) is 2.11. The SMILES string of the molecule is CCOc1cc(C)c(N)c(C#N)c1. The average molecular weight is 176 g/mol. The molecule has 0 aromatic heterocycles. The molecule has 13 heavy (non-hydrogen) atoms. The van der Waals surface area contributed by atoms with Crippen LogP contribution in [0.15, 0.2) is 12.1 Å². The molecule has 1 aromatic carbocycles. The normalized spacial score (nSPS) is 9.31. The Balaban J connectivity index is 3.16. The maximum Gasteiger partial charge on any atom is 0.121 e. The summed E-state index contributed by atoms with van der Waals surface area (Å²) in [4.78, 5) is 0. The molecule has 0 saturated carbocycles. The molecule has 1 rings (SSSR count). The van der Waals surface area contributed by atoms with E-state index in [-0.39, 0.29) is 0 Å². The zero-order valence-electron chi connectivity index (χ0n) is 7.79. The van der Waals surface area contributed by atoms with Gasteiger partial charge in [0.2, 0.25) is 0 Å². The monoisotopic (exact) mass is 176 g/mol. The Morgan fingerprint density at radius 3 is 2.77 bits per heavy atom. The highest BCUT2D eigenvalue weighted by molar-refractivity contribution is 5.61. The highest BCUT2D eigenvalue weighted by atomic mass is 16.5. The lowest BCUT2D eigenvalue weighted by Gasteiger charge is -2.07. The van der Waals surface area contributed by atoms with Gasteiger partial charge >= 0.3 is 0 Å². The zero-order chi connectivity index (χ0) is 9.84. The molecule has 0 aliphatic rings. The molecule has 0 bridgehead atoms. The number of nitrogens with two attached hydrogens (primary N) is 1. The van der Waals surface area contributed by atoms with Crippen LogP contribution < -0.4 is 10.5 Å². The Hall–Kier alpha value is -1.69. The standard InChI is InChI=1S/C10H12N2O/c1-3-13-9-4-7(2)10(12)8(5-9)6-11/h4-5H,3,12H2,1-2H3. The van der Waals surface area contributed by atoms with Gasteiger partial charge in [0.25, 0.3) is 0 Å². The van der Waals surface area contributed by atoms with E-state index in [2.05, 4.69) is 0 Å². The van der Waals surface area contributed by atoms with Crippen LogP contribution in [0.3, 0.4) is 0 Å². The minimum atomic E-state index is 0.475. The van der Waals surface area contributed by atoms with Gasteiger partial charge in [0.15, 0.2) is 0 Å². The van der Waals surface area contributed by atoms with Crippen LogP contribution in [0.1, 0.15) is 18.1 Å². The summed E-state index contributed by atoms with van der Waals surface area (Å²) in [5.74, 6) is 0.700. The number of ether oxygens (including phenoxy) is 1. The Labute approximate surface area is 77.7 Å². The number of hydrogen-bond acceptors (Lipinski definition) is 3. The molecule has 3 heteroatoms. The van der Waals surface area contributed by atoms with Crippen molar-refractivity contribution in [2.75, 3.05) is 12.3 Å². The number of nitrogens with zero attached hydrogens (tertiary/aromatic N) is 1. The maximum atomic E-state index is 8.75. The lowest BCUT2D eigenvalue weighted by atomic mass is 10.1. The van der Waals surface area contributed by atoms with Gasteiger partial charge < -0.3 is 10.5 Å². The first kappa shape index (κ1) is 9.40. The van der Waals surface area contributed by atoms with Gasteiger partial charge in [-0.05, 0) is 31.5 Å². The first-order valence-corrected chi connectivity index (χ1v) is 4.12. The molecule has 0 unspecified atom stereocenters. The molecule has 0 aliphatic heterocycles. The molecule has 2 N–H and O–H groups in total. The van der Waals surface area contributed by atoms with Crippen molar-refractivity contribution in [2.24, 2.45) is 0 Å². The lowest BCUT2D eigenvalue weighted by Crippen LogP contribution is -1.97. The van der Waals surface area contributed by atoms with Crippen LogP contribution in [0.4, 0.5) is 5.69 Å². The molecular formula is C10H12N2O. The van der Waals surface area contributed by atoms with E-state index >= 15 is 0 Å². The van der Waals surface area contributed by atoms with Crippen molar-refractivity contribution < 1.29 is 4.74 Å². The van der Waals surface area contributed by atoms with Crippen LogP contribution in [0.25, 0.3) is 0 Å². The second kappa shape index (κ2) is 3.81. The van der Waals surface area contributed by atoms with Gasteiger partial charge in [-0.15, -0.1) is 0 Å². The quantitative estimate of drug-likeness (QED) is 0.699. The number of hydrogen-bond donors (Lipinski definition) is 1. The van der Waals surface area contributed by atoms with Crippen molar-refractivity contribution >= 4 is 5.69 Å². The molecule has 0 amide bonds. The predicted molar refractivity (Wildman–Crippen MR) is 51.5 cm³/mol. The fourth-order valence-electron chi connectivity index (χ4n) is 1.11. The summed E-state index contributed by atoms with van der Waals surface area (Å²) in [5.41, 5.74) is 7.57. The van der Waals surface area contributed by atoms with Gasteiger partial charge in [-0.2, -0.15) is 5.26 Å². The second-order valence-corrected chi connectivity index (χ2v) is 2.75. The highest BCUT2D eigenvalue weighted by Crippen LogP contribution is 2.23. The van der Waals surface area contributed by atoms with Gasteiger partial charge in [0.05, 0.1) is 17.9 Å². The minimum Gasteiger partial charge on any atom is -0.494 e. The van der Waals surface area contributed by atoms with Gasteiger partial charge in [-0.1, -0.05) is 0 Å². The number of nitriles is 1. The number of rotatable bonds is 2. The maximum absolute atomic E-state index is 8.75. The van der Waals surface area contributed by atoms with E-state index < -0.39 is 0 Å². The Morgan fingerprint density at radius 1 is 1.54 bits per heavy atom. The number of aryl methyl sites for hydroxylation is 1. The van der Waals surface area contributed by atoms with Crippen molar-refractivity contribution in [3.63, 3.8) is 0 Å². The third-order valence-corrected chi connectivity index (χ3v) is 1.79.